The number of ketones is 1. The normalized spacial score (nSPS) is 19.1. The van der Waals surface area contributed by atoms with Gasteiger partial charge in [-0.3, -0.25) is 19.7 Å². The van der Waals surface area contributed by atoms with Gasteiger partial charge in [0.05, 0.1) is 11.5 Å². The summed E-state index contributed by atoms with van der Waals surface area (Å²) in [6, 6.07) is 11.6. The van der Waals surface area contributed by atoms with Crippen molar-refractivity contribution in [3.63, 3.8) is 0 Å². The number of nitro benzene ring substituents is 1. The van der Waals surface area contributed by atoms with Crippen LogP contribution in [0.3, 0.4) is 0 Å². The third kappa shape index (κ3) is 3.98. The first kappa shape index (κ1) is 19.4. The molecule has 2 atom stereocenters. The predicted octanol–water partition coefficient (Wildman–Crippen LogP) is 4.05. The van der Waals surface area contributed by atoms with Crippen LogP contribution in [0.25, 0.3) is 5.57 Å². The lowest BCUT2D eigenvalue weighted by Gasteiger charge is -2.29. The average molecular weight is 383 g/mol. The highest BCUT2D eigenvalue weighted by Gasteiger charge is 2.39. The summed E-state index contributed by atoms with van der Waals surface area (Å²) in [6.07, 6.45) is 1.75. The van der Waals surface area contributed by atoms with E-state index in [1.165, 1.54) is 30.3 Å². The highest BCUT2D eigenvalue weighted by Crippen LogP contribution is 2.40. The maximum Gasteiger partial charge on any atom is 0.317 e. The van der Waals surface area contributed by atoms with Crippen LogP contribution >= 0.6 is 0 Å². The second-order valence-corrected chi connectivity index (χ2v) is 6.47. The van der Waals surface area contributed by atoms with Gasteiger partial charge in [-0.25, -0.2) is 4.39 Å². The summed E-state index contributed by atoms with van der Waals surface area (Å²) in [5.74, 6) is -2.96. The molecule has 0 spiro atoms. The Morgan fingerprint density at radius 1 is 1.18 bits per heavy atom. The van der Waals surface area contributed by atoms with E-state index in [2.05, 4.69) is 0 Å². The van der Waals surface area contributed by atoms with E-state index in [0.717, 1.165) is 0 Å². The number of halogens is 1. The van der Waals surface area contributed by atoms with E-state index in [1.54, 1.807) is 31.2 Å². The van der Waals surface area contributed by atoms with Gasteiger partial charge in [-0.05, 0) is 48.3 Å². The minimum Gasteiger partial charge on any atom is -0.465 e. The number of esters is 1. The van der Waals surface area contributed by atoms with E-state index in [4.69, 9.17) is 4.74 Å². The first-order valence-corrected chi connectivity index (χ1v) is 8.82. The Bertz CT molecular complexity index is 934. The standard InChI is InChI=1S/C21H18FNO5/c1-2-28-21(25)20-18(14-5-9-17(10-6-14)23(26)27)11-15(12-19(20)24)13-3-7-16(22)8-4-13/h3-10,12,18,20H,2,11H2,1H3/t18-,20+/m1/s1. The molecule has 0 N–H and O–H groups in total. The molecule has 2 aromatic rings. The van der Waals surface area contributed by atoms with Gasteiger partial charge in [-0.1, -0.05) is 24.3 Å². The number of carbonyl (C=O) groups is 2. The largest absolute Gasteiger partial charge is 0.465 e. The van der Waals surface area contributed by atoms with E-state index < -0.39 is 28.5 Å². The van der Waals surface area contributed by atoms with Crippen LogP contribution in [0.2, 0.25) is 0 Å². The lowest BCUT2D eigenvalue weighted by Crippen LogP contribution is -2.34. The van der Waals surface area contributed by atoms with Gasteiger partial charge in [-0.15, -0.1) is 0 Å². The number of nitrogens with zero attached hydrogens (tertiary/aromatic N) is 1. The van der Waals surface area contributed by atoms with E-state index >= 15 is 0 Å². The molecule has 0 fully saturated rings. The molecular formula is C21H18FNO5. The van der Waals surface area contributed by atoms with Crippen LogP contribution in [0.4, 0.5) is 10.1 Å². The zero-order chi connectivity index (χ0) is 20.3. The number of hydrogen-bond acceptors (Lipinski definition) is 5. The number of benzene rings is 2. The molecule has 0 amide bonds. The first-order chi connectivity index (χ1) is 13.4. The fourth-order valence-corrected chi connectivity index (χ4v) is 3.40. The fourth-order valence-electron chi connectivity index (χ4n) is 3.40. The summed E-state index contributed by atoms with van der Waals surface area (Å²) in [6.45, 7) is 1.80. The topological polar surface area (TPSA) is 86.5 Å². The Kier molecular flexibility index (Phi) is 5.63. The maximum absolute atomic E-state index is 13.2. The van der Waals surface area contributed by atoms with Crippen molar-refractivity contribution in [2.24, 2.45) is 5.92 Å². The molecule has 0 saturated heterocycles. The highest BCUT2D eigenvalue weighted by atomic mass is 19.1. The molecule has 0 unspecified atom stereocenters. The minimum atomic E-state index is -1.02. The van der Waals surface area contributed by atoms with Crippen LogP contribution in [0.15, 0.2) is 54.6 Å². The Morgan fingerprint density at radius 2 is 1.82 bits per heavy atom. The second-order valence-electron chi connectivity index (χ2n) is 6.47. The Balaban J connectivity index is 2.00. The molecule has 7 heteroatoms. The highest BCUT2D eigenvalue weighted by molar-refractivity contribution is 6.10. The summed E-state index contributed by atoms with van der Waals surface area (Å²) in [4.78, 5) is 35.6. The van der Waals surface area contributed by atoms with Crippen LogP contribution in [0, 0.1) is 21.8 Å². The molecule has 3 rings (SSSR count). The Morgan fingerprint density at radius 3 is 2.39 bits per heavy atom. The molecule has 0 radical (unpaired) electrons. The number of non-ortho nitro benzene ring substituents is 1. The van der Waals surface area contributed by atoms with Gasteiger partial charge < -0.3 is 4.74 Å². The van der Waals surface area contributed by atoms with Gasteiger partial charge in [0.25, 0.3) is 5.69 Å². The van der Waals surface area contributed by atoms with Gasteiger partial charge in [0.1, 0.15) is 11.7 Å². The van der Waals surface area contributed by atoms with Gasteiger partial charge in [-0.2, -0.15) is 0 Å². The van der Waals surface area contributed by atoms with Crippen molar-refractivity contribution in [1.82, 2.24) is 0 Å². The van der Waals surface area contributed by atoms with Crippen molar-refractivity contribution in [3.8, 4) is 0 Å². The van der Waals surface area contributed by atoms with Crippen molar-refractivity contribution in [2.75, 3.05) is 6.61 Å². The smallest absolute Gasteiger partial charge is 0.317 e. The summed E-state index contributed by atoms with van der Waals surface area (Å²) < 4.78 is 18.3. The molecule has 0 bridgehead atoms. The second kappa shape index (κ2) is 8.12. The lowest BCUT2D eigenvalue weighted by atomic mass is 9.73. The van der Waals surface area contributed by atoms with Crippen LogP contribution < -0.4 is 0 Å². The summed E-state index contributed by atoms with van der Waals surface area (Å²) in [5, 5.41) is 10.9. The third-order valence-corrected chi connectivity index (χ3v) is 4.75. The number of ether oxygens (including phenoxy) is 1. The van der Waals surface area contributed by atoms with Gasteiger partial charge >= 0.3 is 5.97 Å². The van der Waals surface area contributed by atoms with Crippen molar-refractivity contribution >= 4 is 23.0 Å². The zero-order valence-corrected chi connectivity index (χ0v) is 15.1. The number of carbonyl (C=O) groups excluding carboxylic acids is 2. The fraction of sp³-hybridized carbons (Fsp3) is 0.238. The SMILES string of the molecule is CCOC(=O)[C@@H]1C(=O)C=C(c2ccc(F)cc2)C[C@@H]1c1ccc([N+](=O)[O-])cc1. The Hall–Kier alpha value is -3.35. The first-order valence-electron chi connectivity index (χ1n) is 8.82. The molecule has 2 aromatic carbocycles. The molecule has 0 heterocycles. The zero-order valence-electron chi connectivity index (χ0n) is 15.1. The molecule has 144 valence electrons. The van der Waals surface area contributed by atoms with Crippen molar-refractivity contribution in [3.05, 3.63) is 81.7 Å². The summed E-state index contributed by atoms with van der Waals surface area (Å²) >= 11 is 0. The number of hydrogen-bond donors (Lipinski definition) is 0. The average Bonchev–Trinajstić information content (AvgIpc) is 2.68. The van der Waals surface area contributed by atoms with Crippen molar-refractivity contribution < 1.29 is 23.6 Å². The summed E-state index contributed by atoms with van der Waals surface area (Å²) in [5.41, 5.74) is 1.91. The van der Waals surface area contributed by atoms with E-state index in [1.807, 2.05) is 0 Å². The lowest BCUT2D eigenvalue weighted by molar-refractivity contribution is -0.384. The number of rotatable bonds is 5. The molecule has 0 aromatic heterocycles. The molecule has 28 heavy (non-hydrogen) atoms. The van der Waals surface area contributed by atoms with E-state index in [0.29, 0.717) is 23.1 Å². The van der Waals surface area contributed by atoms with Crippen molar-refractivity contribution in [1.29, 1.82) is 0 Å². The molecule has 1 aliphatic rings. The van der Waals surface area contributed by atoms with Crippen molar-refractivity contribution in [2.45, 2.75) is 19.3 Å². The molecule has 0 saturated carbocycles. The predicted molar refractivity (Wildman–Crippen MR) is 100.0 cm³/mol. The number of allylic oxidation sites excluding steroid dienone is 2. The Labute approximate surface area is 160 Å². The molecule has 0 aliphatic heterocycles. The molecule has 1 aliphatic carbocycles. The van der Waals surface area contributed by atoms with Crippen LogP contribution in [0.5, 0.6) is 0 Å². The maximum atomic E-state index is 13.2. The molecule has 6 nitrogen and oxygen atoms in total. The summed E-state index contributed by atoms with van der Waals surface area (Å²) in [7, 11) is 0. The minimum absolute atomic E-state index is 0.0760. The van der Waals surface area contributed by atoms with E-state index in [-0.39, 0.29) is 18.1 Å². The molecular weight excluding hydrogens is 365 g/mol. The van der Waals surface area contributed by atoms with E-state index in [9.17, 15) is 24.1 Å². The van der Waals surface area contributed by atoms with Gasteiger partial charge in [0, 0.05) is 18.1 Å². The van der Waals surface area contributed by atoms with Gasteiger partial charge in [0.2, 0.25) is 0 Å². The van der Waals surface area contributed by atoms with Crippen LogP contribution in [-0.2, 0) is 14.3 Å². The van der Waals surface area contributed by atoms with Gasteiger partial charge in [0.15, 0.2) is 5.78 Å². The quantitative estimate of drug-likeness (QED) is 0.336. The third-order valence-electron chi connectivity index (χ3n) is 4.75. The number of nitro groups is 1. The van der Waals surface area contributed by atoms with Crippen LogP contribution in [-0.4, -0.2) is 23.3 Å². The van der Waals surface area contributed by atoms with Crippen LogP contribution in [0.1, 0.15) is 30.4 Å². The monoisotopic (exact) mass is 383 g/mol.